The van der Waals surface area contributed by atoms with E-state index in [0.29, 0.717) is 43.2 Å². The molecule has 182 valence electrons. The number of rotatable bonds is 5. The van der Waals surface area contributed by atoms with Gasteiger partial charge in [-0.3, -0.25) is 4.79 Å². The smallest absolute Gasteiger partial charge is 0.338 e. The van der Waals surface area contributed by atoms with E-state index in [1.54, 1.807) is 43.3 Å². The van der Waals surface area contributed by atoms with Crippen molar-refractivity contribution in [2.24, 2.45) is 22.7 Å². The summed E-state index contributed by atoms with van der Waals surface area (Å²) in [5.74, 6) is -2.31. The van der Waals surface area contributed by atoms with E-state index < -0.39 is 40.9 Å². The van der Waals surface area contributed by atoms with Crippen molar-refractivity contribution in [2.45, 2.75) is 58.2 Å². The third-order valence-electron chi connectivity index (χ3n) is 8.45. The maximum absolute atomic E-state index is 12.5. The average Bonchev–Trinajstić information content (AvgIpc) is 3.15. The lowest BCUT2D eigenvalue weighted by Gasteiger charge is -2.58. The minimum Gasteiger partial charge on any atom is -0.481 e. The molecule has 0 amide bonds. The van der Waals surface area contributed by atoms with Crippen LogP contribution in [0.15, 0.2) is 54.1 Å². The molecule has 1 aromatic rings. The van der Waals surface area contributed by atoms with Crippen molar-refractivity contribution in [2.75, 3.05) is 6.61 Å². The van der Waals surface area contributed by atoms with Crippen molar-refractivity contribution in [3.05, 3.63) is 59.7 Å². The van der Waals surface area contributed by atoms with Crippen LogP contribution in [0.2, 0.25) is 0 Å². The van der Waals surface area contributed by atoms with Crippen LogP contribution in [0.25, 0.3) is 0 Å². The highest BCUT2D eigenvalue weighted by Gasteiger charge is 2.61. The Bertz CT molecular complexity index is 1030. The van der Waals surface area contributed by atoms with Crippen molar-refractivity contribution in [1.29, 1.82) is 0 Å². The van der Waals surface area contributed by atoms with Gasteiger partial charge in [0.2, 0.25) is 0 Å². The summed E-state index contributed by atoms with van der Waals surface area (Å²) < 4.78 is 10.7. The summed E-state index contributed by atoms with van der Waals surface area (Å²) in [6.45, 7) is 7.98. The molecule has 2 N–H and O–H groups in total. The molecular weight excluding hydrogens is 436 g/mol. The molecule has 2 aliphatic carbocycles. The van der Waals surface area contributed by atoms with Crippen LogP contribution < -0.4 is 0 Å². The van der Waals surface area contributed by atoms with Gasteiger partial charge < -0.3 is 19.7 Å². The number of aliphatic hydroxyl groups is 1. The molecule has 7 nitrogen and oxygen atoms in total. The van der Waals surface area contributed by atoms with Crippen LogP contribution in [0.5, 0.6) is 0 Å². The second kappa shape index (κ2) is 9.02. The van der Waals surface area contributed by atoms with Crippen LogP contribution in [-0.2, 0) is 19.1 Å². The highest BCUT2D eigenvalue weighted by atomic mass is 16.6. The normalized spacial score (nSPS) is 36.6. The predicted octanol–water partition coefficient (Wildman–Crippen LogP) is 3.92. The second-order valence-electron chi connectivity index (χ2n) is 10.2. The first-order valence-corrected chi connectivity index (χ1v) is 11.8. The SMILES string of the molecule is C=C1CC[C@H]2[C@@](C)(CC[C@@H](O)[C@@]2(C)C(=O)O)[C@@H]1C/C=C1/C(=O)OC[C@H]1OC(=O)c1ccccc1. The number of aliphatic carboxylic acids is 1. The Morgan fingerprint density at radius 1 is 1.24 bits per heavy atom. The van der Waals surface area contributed by atoms with Gasteiger partial charge in [0.25, 0.3) is 0 Å². The van der Waals surface area contributed by atoms with Crippen LogP contribution in [0.1, 0.15) is 56.3 Å². The molecular formula is C27H32O7. The largest absolute Gasteiger partial charge is 0.481 e. The molecule has 0 unspecified atom stereocenters. The number of carboxylic acids is 1. The van der Waals surface area contributed by atoms with E-state index >= 15 is 0 Å². The fourth-order valence-electron chi connectivity index (χ4n) is 6.37. The quantitative estimate of drug-likeness (QED) is 0.383. The molecule has 6 atom stereocenters. The Morgan fingerprint density at radius 3 is 2.62 bits per heavy atom. The van der Waals surface area contributed by atoms with Gasteiger partial charge in [0.1, 0.15) is 6.61 Å². The number of benzene rings is 1. The Balaban J connectivity index is 1.57. The number of aliphatic hydroxyl groups excluding tert-OH is 1. The van der Waals surface area contributed by atoms with Crippen molar-refractivity contribution in [1.82, 2.24) is 0 Å². The second-order valence-corrected chi connectivity index (χ2v) is 10.2. The van der Waals surface area contributed by atoms with Gasteiger partial charge in [0, 0.05) is 0 Å². The van der Waals surface area contributed by atoms with Crippen molar-refractivity contribution >= 4 is 17.9 Å². The van der Waals surface area contributed by atoms with E-state index in [1.807, 2.05) is 0 Å². The first kappa shape index (κ1) is 24.2. The Hall–Kier alpha value is -2.93. The lowest BCUT2D eigenvalue weighted by Crippen LogP contribution is -2.59. The number of ether oxygens (including phenoxy) is 2. The summed E-state index contributed by atoms with van der Waals surface area (Å²) in [5.41, 5.74) is 0.0888. The molecule has 1 aliphatic heterocycles. The minimum absolute atomic E-state index is 0.0297. The molecule has 0 radical (unpaired) electrons. The van der Waals surface area contributed by atoms with E-state index in [4.69, 9.17) is 9.47 Å². The minimum atomic E-state index is -1.24. The van der Waals surface area contributed by atoms with Gasteiger partial charge in [0.05, 0.1) is 22.7 Å². The Kier molecular flexibility index (Phi) is 6.42. The topological polar surface area (TPSA) is 110 Å². The summed E-state index contributed by atoms with van der Waals surface area (Å²) in [4.78, 5) is 37.2. The summed E-state index contributed by atoms with van der Waals surface area (Å²) in [7, 11) is 0. The number of cyclic esters (lactones) is 1. The molecule has 2 saturated carbocycles. The highest BCUT2D eigenvalue weighted by molar-refractivity contribution is 5.94. The third-order valence-corrected chi connectivity index (χ3v) is 8.45. The molecule has 34 heavy (non-hydrogen) atoms. The number of hydrogen-bond acceptors (Lipinski definition) is 6. The van der Waals surface area contributed by atoms with Crippen LogP contribution in [-0.4, -0.2) is 46.9 Å². The monoisotopic (exact) mass is 468 g/mol. The molecule has 7 heteroatoms. The molecule has 1 heterocycles. The third kappa shape index (κ3) is 3.96. The van der Waals surface area contributed by atoms with Gasteiger partial charge in [-0.2, -0.15) is 0 Å². The molecule has 1 aromatic carbocycles. The van der Waals surface area contributed by atoms with E-state index in [2.05, 4.69) is 13.5 Å². The standard InChI is InChI=1S/C27H32O7/c1-16-9-12-21-26(2,14-13-22(28)27(21,3)25(31)32)19(16)11-10-18-20(15-33-24(18)30)34-23(29)17-7-5-4-6-8-17/h4-8,10,19-22,28H,1,9,11-15H2,2-3H3,(H,31,32)/b18-10+/t19-,20-,21+,22-,26+,27+/m1/s1. The molecule has 1 saturated heterocycles. The van der Waals surface area contributed by atoms with E-state index in [1.165, 1.54) is 0 Å². The van der Waals surface area contributed by atoms with E-state index in [-0.39, 0.29) is 18.4 Å². The van der Waals surface area contributed by atoms with E-state index in [0.717, 1.165) is 5.57 Å². The maximum Gasteiger partial charge on any atom is 0.338 e. The Morgan fingerprint density at radius 2 is 1.94 bits per heavy atom. The van der Waals surface area contributed by atoms with Crippen LogP contribution in [0, 0.1) is 22.7 Å². The average molecular weight is 469 g/mol. The van der Waals surface area contributed by atoms with Gasteiger partial charge in [-0.15, -0.1) is 0 Å². The number of fused-ring (bicyclic) bond motifs is 1. The fourth-order valence-corrected chi connectivity index (χ4v) is 6.37. The van der Waals surface area contributed by atoms with Crippen molar-refractivity contribution in [3.8, 4) is 0 Å². The van der Waals surface area contributed by atoms with Crippen LogP contribution >= 0.6 is 0 Å². The van der Waals surface area contributed by atoms with Crippen LogP contribution in [0.4, 0.5) is 0 Å². The van der Waals surface area contributed by atoms with Crippen molar-refractivity contribution < 1.29 is 34.1 Å². The zero-order valence-electron chi connectivity index (χ0n) is 19.7. The van der Waals surface area contributed by atoms with Gasteiger partial charge in [-0.05, 0) is 68.4 Å². The first-order chi connectivity index (χ1) is 16.1. The Labute approximate surface area is 199 Å². The van der Waals surface area contributed by atoms with E-state index in [9.17, 15) is 24.6 Å². The fraction of sp³-hybridized carbons (Fsp3) is 0.519. The molecule has 4 rings (SSSR count). The maximum atomic E-state index is 12.5. The summed E-state index contributed by atoms with van der Waals surface area (Å²) in [6, 6.07) is 8.57. The first-order valence-electron chi connectivity index (χ1n) is 11.8. The van der Waals surface area contributed by atoms with Gasteiger partial charge in [-0.1, -0.05) is 43.4 Å². The number of allylic oxidation sites excluding steroid dienone is 2. The molecule has 3 aliphatic rings. The lowest BCUT2D eigenvalue weighted by molar-refractivity contribution is -0.182. The predicted molar refractivity (Wildman–Crippen MR) is 124 cm³/mol. The summed E-state index contributed by atoms with van der Waals surface area (Å²) in [5, 5.41) is 20.6. The van der Waals surface area contributed by atoms with Crippen LogP contribution in [0.3, 0.4) is 0 Å². The number of esters is 2. The lowest BCUT2D eigenvalue weighted by atomic mass is 9.46. The zero-order valence-corrected chi connectivity index (χ0v) is 19.7. The number of carbonyl (C=O) groups excluding carboxylic acids is 2. The molecule has 0 spiro atoms. The summed E-state index contributed by atoms with van der Waals surface area (Å²) in [6.07, 6.45) is 2.92. The molecule has 3 fully saturated rings. The summed E-state index contributed by atoms with van der Waals surface area (Å²) >= 11 is 0. The molecule has 0 bridgehead atoms. The zero-order chi connectivity index (χ0) is 24.7. The number of carboxylic acid groups (broad SMARTS) is 1. The van der Waals surface area contributed by atoms with Gasteiger partial charge in [-0.25, -0.2) is 9.59 Å². The van der Waals surface area contributed by atoms with Gasteiger partial charge in [0.15, 0.2) is 6.10 Å². The number of hydrogen-bond donors (Lipinski definition) is 2. The number of carbonyl (C=O) groups is 3. The highest BCUT2D eigenvalue weighted by Crippen LogP contribution is 2.62. The van der Waals surface area contributed by atoms with Crippen molar-refractivity contribution in [3.63, 3.8) is 0 Å². The van der Waals surface area contributed by atoms with Gasteiger partial charge >= 0.3 is 17.9 Å². The molecule has 0 aromatic heterocycles.